The van der Waals surface area contributed by atoms with Gasteiger partial charge in [-0.2, -0.15) is 0 Å². The van der Waals surface area contributed by atoms with Crippen molar-refractivity contribution in [2.45, 2.75) is 0 Å². The summed E-state index contributed by atoms with van der Waals surface area (Å²) in [7, 11) is 1.22. The summed E-state index contributed by atoms with van der Waals surface area (Å²) < 4.78 is 5.28. The van der Waals surface area contributed by atoms with Gasteiger partial charge in [0.1, 0.15) is 5.70 Å². The molecular weight excluding hydrogens is 431 g/mol. The van der Waals surface area contributed by atoms with Crippen molar-refractivity contribution in [3.05, 3.63) is 38.6 Å². The van der Waals surface area contributed by atoms with Gasteiger partial charge < -0.3 is 25.2 Å². The van der Waals surface area contributed by atoms with Crippen LogP contribution in [0.4, 0.5) is 5.69 Å². The molecule has 0 bridgehead atoms. The summed E-state index contributed by atoms with van der Waals surface area (Å²) in [5.41, 5.74) is 0.841. The van der Waals surface area contributed by atoms with Crippen LogP contribution >= 0.6 is 22.6 Å². The quantitative estimate of drug-likeness (QED) is 0.435. The number of carboxylic acid groups (broad SMARTS) is 1. The number of esters is 1. The number of amides is 1. The van der Waals surface area contributed by atoms with Crippen molar-refractivity contribution in [3.8, 4) is 0 Å². The molecule has 1 heterocycles. The summed E-state index contributed by atoms with van der Waals surface area (Å²) in [6, 6.07) is 4.37. The lowest BCUT2D eigenvalue weighted by Gasteiger charge is -2.15. The lowest BCUT2D eigenvalue weighted by Crippen LogP contribution is -2.31. The molecule has 0 saturated carbocycles. The first-order valence-corrected chi connectivity index (χ1v) is 7.98. The van der Waals surface area contributed by atoms with Gasteiger partial charge in [0.05, 0.1) is 37.1 Å². The SMILES string of the molecule is COC(=O)C1=C(Nc2ccc(C(=O)O)cc2I)C(=O)N(CCO)C1. The molecule has 1 aliphatic heterocycles. The normalized spacial score (nSPS) is 14.1. The largest absolute Gasteiger partial charge is 0.478 e. The summed E-state index contributed by atoms with van der Waals surface area (Å²) in [5, 5.41) is 20.9. The molecule has 0 aliphatic carbocycles. The predicted octanol–water partition coefficient (Wildman–Crippen LogP) is 0.663. The smallest absolute Gasteiger partial charge is 0.337 e. The Morgan fingerprint density at radius 3 is 2.67 bits per heavy atom. The number of carbonyl (C=O) groups is 3. The molecule has 0 saturated heterocycles. The number of hydrogen-bond donors (Lipinski definition) is 3. The number of rotatable bonds is 6. The number of anilines is 1. The van der Waals surface area contributed by atoms with E-state index < -0.39 is 17.8 Å². The zero-order valence-electron chi connectivity index (χ0n) is 12.7. The second-order valence-corrected chi connectivity index (χ2v) is 6.08. The van der Waals surface area contributed by atoms with E-state index in [9.17, 15) is 14.4 Å². The fourth-order valence-electron chi connectivity index (χ4n) is 2.23. The van der Waals surface area contributed by atoms with E-state index in [1.54, 1.807) is 0 Å². The molecular formula is C15H15IN2O6. The van der Waals surface area contributed by atoms with Gasteiger partial charge >= 0.3 is 11.9 Å². The maximum atomic E-state index is 12.4. The minimum absolute atomic E-state index is 0.0399. The topological polar surface area (TPSA) is 116 Å². The Balaban J connectivity index is 2.35. The van der Waals surface area contributed by atoms with Gasteiger partial charge in [-0.25, -0.2) is 9.59 Å². The summed E-state index contributed by atoms with van der Waals surface area (Å²) in [5.74, 6) is -2.12. The number of ether oxygens (including phenoxy) is 1. The van der Waals surface area contributed by atoms with E-state index in [2.05, 4.69) is 5.32 Å². The first kappa shape index (κ1) is 18.2. The van der Waals surface area contributed by atoms with Crippen LogP contribution in [0.25, 0.3) is 0 Å². The molecule has 128 valence electrons. The number of methoxy groups -OCH3 is 1. The van der Waals surface area contributed by atoms with Crippen LogP contribution in [0.15, 0.2) is 29.5 Å². The molecule has 1 aromatic carbocycles. The van der Waals surface area contributed by atoms with Crippen molar-refractivity contribution in [1.29, 1.82) is 0 Å². The Hall–Kier alpha value is -2.14. The monoisotopic (exact) mass is 446 g/mol. The lowest BCUT2D eigenvalue weighted by atomic mass is 10.2. The number of aromatic carboxylic acids is 1. The molecule has 2 rings (SSSR count). The van der Waals surface area contributed by atoms with E-state index in [1.807, 2.05) is 22.6 Å². The van der Waals surface area contributed by atoms with Crippen LogP contribution in [0.5, 0.6) is 0 Å². The van der Waals surface area contributed by atoms with E-state index in [4.69, 9.17) is 14.9 Å². The number of β-amino-alcohol motifs (C(OH)–C–C–N with tert-alkyl or cyclic N) is 1. The fraction of sp³-hybridized carbons (Fsp3) is 0.267. The molecule has 0 radical (unpaired) electrons. The van der Waals surface area contributed by atoms with E-state index in [-0.39, 0.29) is 36.5 Å². The maximum Gasteiger partial charge on any atom is 0.337 e. The van der Waals surface area contributed by atoms with Crippen LogP contribution in [-0.2, 0) is 14.3 Å². The first-order valence-electron chi connectivity index (χ1n) is 6.90. The molecule has 1 aliphatic rings. The van der Waals surface area contributed by atoms with Gasteiger partial charge in [0.2, 0.25) is 0 Å². The highest BCUT2D eigenvalue weighted by Crippen LogP contribution is 2.26. The zero-order chi connectivity index (χ0) is 17.9. The minimum atomic E-state index is -1.06. The van der Waals surface area contributed by atoms with Crippen molar-refractivity contribution < 1.29 is 29.3 Å². The zero-order valence-corrected chi connectivity index (χ0v) is 14.9. The third-order valence-corrected chi connectivity index (χ3v) is 4.32. The van der Waals surface area contributed by atoms with Crippen molar-refractivity contribution >= 4 is 46.1 Å². The Bertz CT molecular complexity index is 731. The first-order chi connectivity index (χ1) is 11.4. The average molecular weight is 446 g/mol. The number of hydrogen-bond acceptors (Lipinski definition) is 6. The maximum absolute atomic E-state index is 12.4. The Labute approximate surface area is 151 Å². The number of nitrogens with zero attached hydrogens (tertiary/aromatic N) is 1. The number of aliphatic hydroxyl groups is 1. The van der Waals surface area contributed by atoms with E-state index in [0.717, 1.165) is 0 Å². The Kier molecular flexibility index (Phi) is 5.78. The molecule has 24 heavy (non-hydrogen) atoms. The fourth-order valence-corrected chi connectivity index (χ4v) is 2.88. The van der Waals surface area contributed by atoms with Crippen LogP contribution in [0, 0.1) is 3.57 Å². The number of carbonyl (C=O) groups excluding carboxylic acids is 2. The minimum Gasteiger partial charge on any atom is -0.478 e. The van der Waals surface area contributed by atoms with Crippen molar-refractivity contribution in [2.75, 3.05) is 32.1 Å². The lowest BCUT2D eigenvalue weighted by molar-refractivity contribution is -0.136. The van der Waals surface area contributed by atoms with E-state index in [0.29, 0.717) is 9.26 Å². The molecule has 8 nitrogen and oxygen atoms in total. The third kappa shape index (κ3) is 3.67. The van der Waals surface area contributed by atoms with Crippen molar-refractivity contribution in [1.82, 2.24) is 4.90 Å². The summed E-state index contributed by atoms with van der Waals surface area (Å²) >= 11 is 1.94. The van der Waals surface area contributed by atoms with Gasteiger partial charge in [-0.05, 0) is 40.8 Å². The molecule has 1 aromatic rings. The molecule has 0 fully saturated rings. The predicted molar refractivity (Wildman–Crippen MR) is 92.4 cm³/mol. The van der Waals surface area contributed by atoms with Crippen LogP contribution in [0.1, 0.15) is 10.4 Å². The summed E-state index contributed by atoms with van der Waals surface area (Å²) in [6.45, 7) is -0.0872. The van der Waals surface area contributed by atoms with Gasteiger partial charge in [-0.15, -0.1) is 0 Å². The Morgan fingerprint density at radius 2 is 2.12 bits per heavy atom. The summed E-state index contributed by atoms with van der Waals surface area (Å²) in [6.07, 6.45) is 0. The van der Waals surface area contributed by atoms with Gasteiger partial charge in [0.15, 0.2) is 0 Å². The molecule has 0 aromatic heterocycles. The highest BCUT2D eigenvalue weighted by molar-refractivity contribution is 14.1. The molecule has 9 heteroatoms. The van der Waals surface area contributed by atoms with Crippen molar-refractivity contribution in [2.24, 2.45) is 0 Å². The molecule has 0 atom stereocenters. The number of nitrogens with one attached hydrogen (secondary N) is 1. The second-order valence-electron chi connectivity index (χ2n) is 4.92. The highest BCUT2D eigenvalue weighted by atomic mass is 127. The molecule has 0 spiro atoms. The van der Waals surface area contributed by atoms with Crippen molar-refractivity contribution in [3.63, 3.8) is 0 Å². The highest BCUT2D eigenvalue weighted by Gasteiger charge is 2.34. The molecule has 0 unspecified atom stereocenters. The van der Waals surface area contributed by atoms with Crippen LogP contribution < -0.4 is 5.32 Å². The average Bonchev–Trinajstić information content (AvgIpc) is 2.85. The second kappa shape index (κ2) is 7.62. The van der Waals surface area contributed by atoms with Gasteiger partial charge in [-0.3, -0.25) is 4.79 Å². The number of carboxylic acids is 1. The number of aliphatic hydroxyl groups excluding tert-OH is 1. The molecule has 3 N–H and O–H groups in total. The van der Waals surface area contributed by atoms with Gasteiger partial charge in [0.25, 0.3) is 5.91 Å². The third-order valence-electron chi connectivity index (χ3n) is 3.43. The number of benzene rings is 1. The van der Waals surface area contributed by atoms with Gasteiger partial charge in [0, 0.05) is 10.1 Å². The summed E-state index contributed by atoms with van der Waals surface area (Å²) in [4.78, 5) is 36.6. The van der Waals surface area contributed by atoms with Crippen LogP contribution in [0.3, 0.4) is 0 Å². The standard InChI is InChI=1S/C15H15IN2O6/c1-24-15(23)9-7-18(4-5-19)13(20)12(9)17-11-3-2-8(14(21)22)6-10(11)16/h2-3,6,17,19H,4-5,7H2,1H3,(H,21,22). The van der Waals surface area contributed by atoms with E-state index >= 15 is 0 Å². The van der Waals surface area contributed by atoms with Crippen LogP contribution in [0.2, 0.25) is 0 Å². The molecule has 1 amide bonds. The van der Waals surface area contributed by atoms with Crippen LogP contribution in [-0.4, -0.2) is 59.8 Å². The number of halogens is 1. The van der Waals surface area contributed by atoms with Gasteiger partial charge in [-0.1, -0.05) is 0 Å². The van der Waals surface area contributed by atoms with E-state index in [1.165, 1.54) is 30.2 Å². The Morgan fingerprint density at radius 1 is 1.42 bits per heavy atom.